The van der Waals surface area contributed by atoms with Crippen LogP contribution in [0, 0.1) is 29.6 Å². The molecule has 0 spiro atoms. The maximum absolute atomic E-state index is 12.0. The van der Waals surface area contributed by atoms with E-state index in [2.05, 4.69) is 47.4 Å². The molecule has 1 heterocycles. The molecule has 38 heavy (non-hydrogen) atoms. The van der Waals surface area contributed by atoms with Crippen LogP contribution >= 0.6 is 0 Å². The molecule has 0 aromatic rings. The standard InChI is InChI=1S/C30H58O7Si/c1-15-23(28(33)34)27-21(6)25(35-30(11,12)36-27)17(2)16-18(3)26(37-38(13,14)29(8,9)10)20(5)24(32)19(4)22(7)31/h17,19-27,31-32H,3,15-16H2,1-2,4-14H3,(H,33,34)/t17-,19-,20+,21+,22+,23+,24-,25-,26+,27-/m0/s1. The summed E-state index contributed by atoms with van der Waals surface area (Å²) in [6.45, 7) is 30.6. The van der Waals surface area contributed by atoms with Crippen LogP contribution in [-0.2, 0) is 18.7 Å². The second-order valence-electron chi connectivity index (χ2n) is 13.9. The van der Waals surface area contributed by atoms with Crippen molar-refractivity contribution in [3.63, 3.8) is 0 Å². The minimum absolute atomic E-state index is 0.0125. The summed E-state index contributed by atoms with van der Waals surface area (Å²) in [5, 5.41) is 31.2. The summed E-state index contributed by atoms with van der Waals surface area (Å²) in [6, 6.07) is 0. The first-order valence-corrected chi connectivity index (χ1v) is 17.3. The molecule has 0 aromatic carbocycles. The lowest BCUT2D eigenvalue weighted by Gasteiger charge is -2.49. The molecule has 1 aliphatic rings. The zero-order valence-electron chi connectivity index (χ0n) is 26.4. The van der Waals surface area contributed by atoms with Gasteiger partial charge in [0.1, 0.15) is 0 Å². The molecule has 0 aliphatic carbocycles. The summed E-state index contributed by atoms with van der Waals surface area (Å²) in [4.78, 5) is 12.0. The van der Waals surface area contributed by atoms with Crippen LogP contribution in [-0.4, -0.2) is 65.9 Å². The van der Waals surface area contributed by atoms with E-state index in [9.17, 15) is 20.1 Å². The summed E-state index contributed by atoms with van der Waals surface area (Å²) in [6.07, 6.45) is -1.43. The molecule has 1 aliphatic heterocycles. The minimum Gasteiger partial charge on any atom is -0.481 e. The van der Waals surface area contributed by atoms with Crippen molar-refractivity contribution < 1.29 is 34.0 Å². The molecule has 0 radical (unpaired) electrons. The second-order valence-corrected chi connectivity index (χ2v) is 18.6. The van der Waals surface area contributed by atoms with Crippen molar-refractivity contribution in [3.05, 3.63) is 12.2 Å². The van der Waals surface area contributed by atoms with Gasteiger partial charge in [-0.3, -0.25) is 4.79 Å². The topological polar surface area (TPSA) is 105 Å². The van der Waals surface area contributed by atoms with Gasteiger partial charge in [-0.2, -0.15) is 0 Å². The third-order valence-corrected chi connectivity index (χ3v) is 13.6. The Labute approximate surface area is 233 Å². The average molecular weight is 559 g/mol. The maximum atomic E-state index is 12.0. The first kappa shape index (κ1) is 35.3. The van der Waals surface area contributed by atoms with Crippen LogP contribution in [0.2, 0.25) is 18.1 Å². The normalized spacial score (nSPS) is 28.0. The number of ether oxygens (including phenoxy) is 2. The summed E-state index contributed by atoms with van der Waals surface area (Å²) < 4.78 is 19.4. The third-order valence-electron chi connectivity index (χ3n) is 9.12. The maximum Gasteiger partial charge on any atom is 0.309 e. The molecular weight excluding hydrogens is 500 g/mol. The fourth-order valence-electron chi connectivity index (χ4n) is 5.36. The van der Waals surface area contributed by atoms with E-state index in [0.29, 0.717) is 12.8 Å². The zero-order valence-corrected chi connectivity index (χ0v) is 27.4. The highest BCUT2D eigenvalue weighted by atomic mass is 28.4. The molecule has 0 aromatic heterocycles. The van der Waals surface area contributed by atoms with Crippen LogP contribution in [0.4, 0.5) is 0 Å². The molecule has 1 rings (SSSR count). The molecule has 0 saturated carbocycles. The smallest absolute Gasteiger partial charge is 0.309 e. The van der Waals surface area contributed by atoms with E-state index in [-0.39, 0.29) is 34.8 Å². The SMILES string of the molecule is C=C(C[C@H](C)[C@@H]1OC(C)(C)O[C@H]([C@@H](CC)C(=O)O)[C@@H]1C)[C@@H](O[Si](C)(C)C(C)(C)C)[C@H](C)[C@@H](O)[C@@H](C)[C@@H](C)O. The molecule has 0 amide bonds. The third kappa shape index (κ3) is 8.61. The van der Waals surface area contributed by atoms with Crippen LogP contribution in [0.3, 0.4) is 0 Å². The van der Waals surface area contributed by atoms with Crippen LogP contribution in [0.5, 0.6) is 0 Å². The van der Waals surface area contributed by atoms with Gasteiger partial charge in [-0.05, 0) is 63.2 Å². The number of carboxylic acids is 1. The lowest BCUT2D eigenvalue weighted by atomic mass is 9.77. The van der Waals surface area contributed by atoms with Gasteiger partial charge >= 0.3 is 5.97 Å². The highest BCUT2D eigenvalue weighted by Crippen LogP contribution is 2.43. The average Bonchev–Trinajstić information content (AvgIpc) is 2.76. The molecule has 3 N–H and O–H groups in total. The lowest BCUT2D eigenvalue weighted by Crippen LogP contribution is -2.55. The highest BCUT2D eigenvalue weighted by molar-refractivity contribution is 6.74. The largest absolute Gasteiger partial charge is 0.481 e. The minimum atomic E-state index is -2.22. The van der Waals surface area contributed by atoms with Crippen molar-refractivity contribution in [2.24, 2.45) is 29.6 Å². The Morgan fingerprint density at radius 3 is 1.97 bits per heavy atom. The Bertz CT molecular complexity index is 788. The van der Waals surface area contributed by atoms with E-state index in [4.69, 9.17) is 13.9 Å². The van der Waals surface area contributed by atoms with E-state index in [1.807, 2.05) is 41.5 Å². The molecular formula is C30H58O7Si. The summed E-state index contributed by atoms with van der Waals surface area (Å²) >= 11 is 0. The van der Waals surface area contributed by atoms with Crippen LogP contribution < -0.4 is 0 Å². The number of carboxylic acid groups (broad SMARTS) is 1. The molecule has 0 unspecified atom stereocenters. The summed E-state index contributed by atoms with van der Waals surface area (Å²) in [7, 11) is -2.22. The Kier molecular flexibility index (Phi) is 12.3. The van der Waals surface area contributed by atoms with Gasteiger partial charge in [0.25, 0.3) is 0 Å². The Morgan fingerprint density at radius 1 is 1.05 bits per heavy atom. The molecule has 8 heteroatoms. The second kappa shape index (κ2) is 13.3. The number of aliphatic carboxylic acids is 1. The van der Waals surface area contributed by atoms with Gasteiger partial charge in [0.05, 0.1) is 36.4 Å². The van der Waals surface area contributed by atoms with Gasteiger partial charge in [-0.1, -0.05) is 62.0 Å². The Balaban J connectivity index is 3.30. The fourth-order valence-corrected chi connectivity index (χ4v) is 6.73. The quantitative estimate of drug-likeness (QED) is 0.181. The molecule has 1 fully saturated rings. The van der Waals surface area contributed by atoms with Crippen molar-refractivity contribution in [2.45, 2.75) is 143 Å². The monoisotopic (exact) mass is 558 g/mol. The van der Waals surface area contributed by atoms with E-state index < -0.39 is 50.4 Å². The van der Waals surface area contributed by atoms with Crippen LogP contribution in [0.1, 0.15) is 89.0 Å². The zero-order chi connectivity index (χ0) is 30.0. The van der Waals surface area contributed by atoms with E-state index in [1.165, 1.54) is 0 Å². The van der Waals surface area contributed by atoms with Crippen molar-refractivity contribution in [3.8, 4) is 0 Å². The first-order chi connectivity index (χ1) is 17.1. The van der Waals surface area contributed by atoms with Gasteiger partial charge < -0.3 is 29.2 Å². The van der Waals surface area contributed by atoms with Gasteiger partial charge in [0, 0.05) is 17.8 Å². The van der Waals surface area contributed by atoms with Crippen molar-refractivity contribution in [1.29, 1.82) is 0 Å². The van der Waals surface area contributed by atoms with Gasteiger partial charge in [-0.15, -0.1) is 0 Å². The van der Waals surface area contributed by atoms with Gasteiger partial charge in [0.2, 0.25) is 0 Å². The van der Waals surface area contributed by atoms with Gasteiger partial charge in [-0.25, -0.2) is 0 Å². The van der Waals surface area contributed by atoms with Crippen LogP contribution in [0.15, 0.2) is 12.2 Å². The molecule has 1 saturated heterocycles. The Morgan fingerprint density at radius 2 is 1.55 bits per heavy atom. The highest BCUT2D eigenvalue weighted by Gasteiger charge is 2.48. The predicted molar refractivity (Wildman–Crippen MR) is 155 cm³/mol. The Hall–Kier alpha value is -0.773. The van der Waals surface area contributed by atoms with E-state index in [0.717, 1.165) is 5.57 Å². The van der Waals surface area contributed by atoms with Crippen molar-refractivity contribution >= 4 is 14.3 Å². The number of hydrogen-bond acceptors (Lipinski definition) is 6. The molecule has 0 bridgehead atoms. The van der Waals surface area contributed by atoms with E-state index >= 15 is 0 Å². The van der Waals surface area contributed by atoms with E-state index in [1.54, 1.807) is 6.92 Å². The van der Waals surface area contributed by atoms with Crippen molar-refractivity contribution in [1.82, 2.24) is 0 Å². The molecule has 224 valence electrons. The van der Waals surface area contributed by atoms with Crippen molar-refractivity contribution in [2.75, 3.05) is 0 Å². The van der Waals surface area contributed by atoms with Crippen LogP contribution in [0.25, 0.3) is 0 Å². The first-order valence-electron chi connectivity index (χ1n) is 14.4. The summed E-state index contributed by atoms with van der Waals surface area (Å²) in [5.41, 5.74) is 0.883. The molecule has 10 atom stereocenters. The number of aliphatic hydroxyl groups excluding tert-OH is 2. The fraction of sp³-hybridized carbons (Fsp3) is 0.900. The predicted octanol–water partition coefficient (Wildman–Crippen LogP) is 6.24. The number of hydrogen-bond donors (Lipinski definition) is 3. The molecule has 7 nitrogen and oxygen atoms in total. The summed E-state index contributed by atoms with van der Waals surface area (Å²) in [5.74, 6) is -3.09. The lowest BCUT2D eigenvalue weighted by molar-refractivity contribution is -0.333. The number of rotatable bonds is 13. The van der Waals surface area contributed by atoms with Gasteiger partial charge in [0.15, 0.2) is 14.1 Å². The number of aliphatic hydroxyl groups is 2. The number of carbonyl (C=O) groups is 1.